The highest BCUT2D eigenvalue weighted by Gasteiger charge is 2.45. The van der Waals surface area contributed by atoms with Crippen molar-refractivity contribution < 1.29 is 54.8 Å². The molecule has 0 radical (unpaired) electrons. The molecule has 0 amide bonds. The number of phenols is 3. The first-order chi connectivity index (χ1) is 15.7. The van der Waals surface area contributed by atoms with Gasteiger partial charge in [-0.2, -0.15) is 0 Å². The summed E-state index contributed by atoms with van der Waals surface area (Å²) in [5.41, 5.74) is 0.111. The minimum atomic E-state index is -1.77. The molecule has 1 fully saturated rings. The molecule has 1 aliphatic rings. The van der Waals surface area contributed by atoms with Crippen molar-refractivity contribution in [2.75, 3.05) is 13.7 Å². The highest BCUT2D eigenvalue weighted by Crippen LogP contribution is 2.36. The van der Waals surface area contributed by atoms with Crippen molar-refractivity contribution in [2.24, 2.45) is 0 Å². The van der Waals surface area contributed by atoms with Crippen LogP contribution in [-0.4, -0.2) is 86.0 Å². The molecule has 7 N–H and O–H groups in total. The Hall–Kier alpha value is -3.35. The SMILES string of the molecule is COc1cc(C=CC(=O)c2c(O)cc(O)cc2OC2OC(CO)C(O)C(O)C2O)ccc1O. The van der Waals surface area contributed by atoms with Crippen LogP contribution in [0.15, 0.2) is 36.4 Å². The molecule has 3 rings (SSSR count). The Labute approximate surface area is 188 Å². The average Bonchev–Trinajstić information content (AvgIpc) is 2.78. The maximum atomic E-state index is 12.8. The molecule has 2 aromatic rings. The molecule has 11 nitrogen and oxygen atoms in total. The first-order valence-electron chi connectivity index (χ1n) is 9.78. The lowest BCUT2D eigenvalue weighted by Crippen LogP contribution is -2.60. The number of hydrogen-bond acceptors (Lipinski definition) is 11. The van der Waals surface area contributed by atoms with Gasteiger partial charge in [-0.15, -0.1) is 0 Å². The van der Waals surface area contributed by atoms with Gasteiger partial charge in [0.2, 0.25) is 6.29 Å². The molecule has 0 aromatic heterocycles. The largest absolute Gasteiger partial charge is 0.508 e. The van der Waals surface area contributed by atoms with Crippen molar-refractivity contribution in [1.29, 1.82) is 0 Å². The van der Waals surface area contributed by atoms with Crippen molar-refractivity contribution in [3.8, 4) is 28.7 Å². The van der Waals surface area contributed by atoms with Crippen LogP contribution in [0.3, 0.4) is 0 Å². The topological polar surface area (TPSA) is 186 Å². The second-order valence-electron chi connectivity index (χ2n) is 7.28. The van der Waals surface area contributed by atoms with Crippen LogP contribution < -0.4 is 9.47 Å². The summed E-state index contributed by atoms with van der Waals surface area (Å²) in [5, 5.41) is 69.1. The minimum absolute atomic E-state index is 0.0904. The maximum absolute atomic E-state index is 12.8. The fourth-order valence-corrected chi connectivity index (χ4v) is 3.27. The molecule has 1 saturated heterocycles. The third-order valence-corrected chi connectivity index (χ3v) is 5.04. The number of aliphatic hydroxyl groups excluding tert-OH is 4. The highest BCUT2D eigenvalue weighted by atomic mass is 16.7. The van der Waals surface area contributed by atoms with E-state index in [9.17, 15) is 40.5 Å². The van der Waals surface area contributed by atoms with Crippen LogP contribution in [0.25, 0.3) is 6.08 Å². The van der Waals surface area contributed by atoms with Crippen molar-refractivity contribution in [1.82, 2.24) is 0 Å². The normalized spacial score (nSPS) is 25.2. The predicted octanol–water partition coefficient (Wildman–Crippen LogP) is -0.113. The van der Waals surface area contributed by atoms with Crippen LogP contribution in [0.2, 0.25) is 0 Å². The van der Waals surface area contributed by atoms with E-state index in [2.05, 4.69) is 0 Å². The number of rotatable bonds is 7. The number of hydrogen-bond donors (Lipinski definition) is 7. The molecule has 1 heterocycles. The van der Waals surface area contributed by atoms with E-state index in [0.717, 1.165) is 18.2 Å². The lowest BCUT2D eigenvalue weighted by molar-refractivity contribution is -0.277. The number of phenolic OH excluding ortho intramolecular Hbond substituents is 3. The lowest BCUT2D eigenvalue weighted by atomic mass is 9.99. The molecule has 0 spiro atoms. The molecule has 0 aliphatic carbocycles. The third-order valence-electron chi connectivity index (χ3n) is 5.04. The Balaban J connectivity index is 1.90. The van der Waals surface area contributed by atoms with Gasteiger partial charge >= 0.3 is 0 Å². The molecule has 33 heavy (non-hydrogen) atoms. The number of ketones is 1. The summed E-state index contributed by atoms with van der Waals surface area (Å²) >= 11 is 0. The van der Waals surface area contributed by atoms with E-state index in [-0.39, 0.29) is 22.8 Å². The monoisotopic (exact) mass is 464 g/mol. The fraction of sp³-hybridized carbons (Fsp3) is 0.318. The van der Waals surface area contributed by atoms with Crippen LogP contribution in [0.1, 0.15) is 15.9 Å². The standard InChI is InChI=1S/C22H24O11/c1-31-15-6-10(2-4-12(15)25)3-5-13(26)18-14(27)7-11(24)8-16(18)32-22-21(30)20(29)19(28)17(9-23)33-22/h2-8,17,19-25,27-30H,9H2,1H3. The summed E-state index contributed by atoms with van der Waals surface area (Å²) in [5.74, 6) is -2.13. The van der Waals surface area contributed by atoms with E-state index in [1.165, 1.54) is 31.4 Å². The van der Waals surface area contributed by atoms with Crippen molar-refractivity contribution >= 4 is 11.9 Å². The Morgan fingerprint density at radius 1 is 1.00 bits per heavy atom. The Kier molecular flexibility index (Phi) is 7.41. The second kappa shape index (κ2) is 10.1. The van der Waals surface area contributed by atoms with E-state index in [0.29, 0.717) is 5.56 Å². The first-order valence-corrected chi connectivity index (χ1v) is 9.78. The number of carbonyl (C=O) groups excluding carboxylic acids is 1. The molecule has 1 aliphatic heterocycles. The molecule has 0 bridgehead atoms. The van der Waals surface area contributed by atoms with Crippen LogP contribution in [-0.2, 0) is 4.74 Å². The van der Waals surface area contributed by atoms with E-state index < -0.39 is 54.6 Å². The second-order valence-corrected chi connectivity index (χ2v) is 7.28. The smallest absolute Gasteiger partial charge is 0.229 e. The predicted molar refractivity (Wildman–Crippen MR) is 112 cm³/mol. The number of carbonyl (C=O) groups is 1. The van der Waals surface area contributed by atoms with Gasteiger partial charge in [-0.3, -0.25) is 4.79 Å². The molecule has 0 saturated carbocycles. The first kappa shape index (κ1) is 24.3. The van der Waals surface area contributed by atoms with Gasteiger partial charge < -0.3 is 50.0 Å². The number of methoxy groups -OCH3 is 1. The molecule has 11 heteroatoms. The number of aromatic hydroxyl groups is 3. The van der Waals surface area contributed by atoms with Crippen molar-refractivity contribution in [3.63, 3.8) is 0 Å². The Morgan fingerprint density at radius 3 is 2.39 bits per heavy atom. The zero-order valence-corrected chi connectivity index (χ0v) is 17.4. The summed E-state index contributed by atoms with van der Waals surface area (Å²) < 4.78 is 15.7. The van der Waals surface area contributed by atoms with Gasteiger partial charge in [0.25, 0.3) is 0 Å². The molecule has 178 valence electrons. The molecule has 5 atom stereocenters. The van der Waals surface area contributed by atoms with Crippen molar-refractivity contribution in [3.05, 3.63) is 47.5 Å². The summed E-state index contributed by atoms with van der Waals surface area (Å²) in [4.78, 5) is 12.8. The van der Waals surface area contributed by atoms with Gasteiger partial charge in [0.05, 0.1) is 13.7 Å². The lowest BCUT2D eigenvalue weighted by Gasteiger charge is -2.39. The molecule has 5 unspecified atom stereocenters. The van der Waals surface area contributed by atoms with Gasteiger partial charge in [0.15, 0.2) is 17.3 Å². The van der Waals surface area contributed by atoms with E-state index in [4.69, 9.17) is 14.2 Å². The molecular formula is C22H24O11. The van der Waals surface area contributed by atoms with E-state index in [1.807, 2.05) is 0 Å². The van der Waals surface area contributed by atoms with E-state index in [1.54, 1.807) is 0 Å². The van der Waals surface area contributed by atoms with Crippen LogP contribution in [0.4, 0.5) is 0 Å². The maximum Gasteiger partial charge on any atom is 0.229 e. The fourth-order valence-electron chi connectivity index (χ4n) is 3.27. The highest BCUT2D eigenvalue weighted by molar-refractivity contribution is 6.10. The van der Waals surface area contributed by atoms with Crippen molar-refractivity contribution in [2.45, 2.75) is 30.7 Å². The Bertz CT molecular complexity index is 1030. The zero-order chi connectivity index (χ0) is 24.3. The summed E-state index contributed by atoms with van der Waals surface area (Å²) in [6.45, 7) is -0.694. The van der Waals surface area contributed by atoms with Crippen LogP contribution in [0.5, 0.6) is 28.7 Å². The van der Waals surface area contributed by atoms with Gasteiger partial charge in [0, 0.05) is 12.1 Å². The summed E-state index contributed by atoms with van der Waals surface area (Å²) in [6.07, 6.45) is -5.53. The van der Waals surface area contributed by atoms with Gasteiger partial charge in [0.1, 0.15) is 47.2 Å². The number of benzene rings is 2. The summed E-state index contributed by atoms with van der Waals surface area (Å²) in [6, 6.07) is 6.26. The van der Waals surface area contributed by atoms with Crippen LogP contribution in [0, 0.1) is 0 Å². The molecular weight excluding hydrogens is 440 g/mol. The Morgan fingerprint density at radius 2 is 1.73 bits per heavy atom. The quantitative estimate of drug-likeness (QED) is 0.214. The number of allylic oxidation sites excluding steroid dienone is 1. The number of ether oxygens (including phenoxy) is 3. The zero-order valence-electron chi connectivity index (χ0n) is 17.4. The molecule has 2 aromatic carbocycles. The van der Waals surface area contributed by atoms with Gasteiger partial charge in [-0.05, 0) is 23.8 Å². The third kappa shape index (κ3) is 5.18. The van der Waals surface area contributed by atoms with Crippen LogP contribution >= 0.6 is 0 Å². The minimum Gasteiger partial charge on any atom is -0.508 e. The average molecular weight is 464 g/mol. The van der Waals surface area contributed by atoms with Gasteiger partial charge in [-0.1, -0.05) is 12.1 Å². The van der Waals surface area contributed by atoms with E-state index >= 15 is 0 Å². The summed E-state index contributed by atoms with van der Waals surface area (Å²) in [7, 11) is 1.37. The number of aliphatic hydroxyl groups is 4. The van der Waals surface area contributed by atoms with Gasteiger partial charge in [-0.25, -0.2) is 0 Å².